The van der Waals surface area contributed by atoms with E-state index in [-0.39, 0.29) is 12.5 Å². The highest BCUT2D eigenvalue weighted by molar-refractivity contribution is 5.93. The van der Waals surface area contributed by atoms with Gasteiger partial charge >= 0.3 is 0 Å². The first-order chi connectivity index (χ1) is 11.2. The SMILES string of the molecule is COc1ccc(NC(=O)COc2ccc(C=O)cc2)c(OC)c1. The van der Waals surface area contributed by atoms with Gasteiger partial charge < -0.3 is 19.5 Å². The van der Waals surface area contributed by atoms with Crippen LogP contribution in [-0.2, 0) is 4.79 Å². The molecule has 1 N–H and O–H groups in total. The summed E-state index contributed by atoms with van der Waals surface area (Å²) in [5.41, 5.74) is 1.07. The maximum Gasteiger partial charge on any atom is 0.262 e. The molecule has 0 atom stereocenters. The van der Waals surface area contributed by atoms with Crippen molar-refractivity contribution in [1.82, 2.24) is 0 Å². The molecule has 2 aromatic rings. The molecule has 0 aromatic heterocycles. The summed E-state index contributed by atoms with van der Waals surface area (Å²) in [6, 6.07) is 11.6. The average molecular weight is 315 g/mol. The molecule has 0 unspecified atom stereocenters. The van der Waals surface area contributed by atoms with Gasteiger partial charge in [0.2, 0.25) is 0 Å². The summed E-state index contributed by atoms with van der Waals surface area (Å²) in [4.78, 5) is 22.5. The molecule has 120 valence electrons. The highest BCUT2D eigenvalue weighted by atomic mass is 16.5. The second kappa shape index (κ2) is 7.84. The molecule has 2 rings (SSSR count). The van der Waals surface area contributed by atoms with E-state index in [1.54, 1.807) is 49.6 Å². The van der Waals surface area contributed by atoms with Gasteiger partial charge in [-0.1, -0.05) is 0 Å². The lowest BCUT2D eigenvalue weighted by molar-refractivity contribution is -0.118. The van der Waals surface area contributed by atoms with Crippen molar-refractivity contribution in [2.24, 2.45) is 0 Å². The first-order valence-electron chi connectivity index (χ1n) is 6.86. The Hall–Kier alpha value is -3.02. The zero-order valence-electron chi connectivity index (χ0n) is 12.9. The van der Waals surface area contributed by atoms with Crippen molar-refractivity contribution in [3.63, 3.8) is 0 Å². The minimum Gasteiger partial charge on any atom is -0.497 e. The van der Waals surface area contributed by atoms with Crippen LogP contribution in [0.5, 0.6) is 17.2 Å². The second-order valence-corrected chi connectivity index (χ2v) is 4.59. The summed E-state index contributed by atoms with van der Waals surface area (Å²) in [5.74, 6) is 1.31. The van der Waals surface area contributed by atoms with E-state index in [1.807, 2.05) is 0 Å². The number of amides is 1. The number of carbonyl (C=O) groups is 2. The molecular formula is C17H17NO5. The van der Waals surface area contributed by atoms with Crippen LogP contribution in [0.1, 0.15) is 10.4 Å². The van der Waals surface area contributed by atoms with Crippen LogP contribution in [0.15, 0.2) is 42.5 Å². The fourth-order valence-corrected chi connectivity index (χ4v) is 1.88. The summed E-state index contributed by atoms with van der Waals surface area (Å²) in [6.45, 7) is -0.157. The van der Waals surface area contributed by atoms with Crippen LogP contribution in [0.4, 0.5) is 5.69 Å². The Morgan fingerprint density at radius 2 is 1.74 bits per heavy atom. The molecule has 0 aliphatic heterocycles. The van der Waals surface area contributed by atoms with Gasteiger partial charge in [-0.15, -0.1) is 0 Å². The van der Waals surface area contributed by atoms with Gasteiger partial charge in [0.05, 0.1) is 19.9 Å². The lowest BCUT2D eigenvalue weighted by Gasteiger charge is -2.12. The molecular weight excluding hydrogens is 298 g/mol. The first-order valence-corrected chi connectivity index (χ1v) is 6.86. The summed E-state index contributed by atoms with van der Waals surface area (Å²) in [7, 11) is 3.06. The van der Waals surface area contributed by atoms with Gasteiger partial charge in [0, 0.05) is 11.6 Å². The van der Waals surface area contributed by atoms with Crippen LogP contribution in [0.25, 0.3) is 0 Å². The van der Waals surface area contributed by atoms with Gasteiger partial charge in [-0.25, -0.2) is 0 Å². The summed E-state index contributed by atoms with van der Waals surface area (Å²) in [5, 5.41) is 2.70. The molecule has 6 heteroatoms. The predicted octanol–water partition coefficient (Wildman–Crippen LogP) is 2.53. The molecule has 23 heavy (non-hydrogen) atoms. The van der Waals surface area contributed by atoms with E-state index in [0.29, 0.717) is 28.5 Å². The summed E-state index contributed by atoms with van der Waals surface area (Å²) in [6.07, 6.45) is 0.743. The number of nitrogens with one attached hydrogen (secondary N) is 1. The van der Waals surface area contributed by atoms with Crippen molar-refractivity contribution < 1.29 is 23.8 Å². The smallest absolute Gasteiger partial charge is 0.262 e. The molecule has 1 amide bonds. The third-order valence-electron chi connectivity index (χ3n) is 3.07. The minimum absolute atomic E-state index is 0.157. The lowest BCUT2D eigenvalue weighted by atomic mass is 10.2. The highest BCUT2D eigenvalue weighted by Gasteiger charge is 2.09. The zero-order chi connectivity index (χ0) is 16.7. The fraction of sp³-hybridized carbons (Fsp3) is 0.176. The van der Waals surface area contributed by atoms with E-state index < -0.39 is 0 Å². The number of hydrogen-bond donors (Lipinski definition) is 1. The number of ether oxygens (including phenoxy) is 3. The number of rotatable bonds is 7. The number of carbonyl (C=O) groups excluding carboxylic acids is 2. The van der Waals surface area contributed by atoms with Crippen LogP contribution in [0, 0.1) is 0 Å². The van der Waals surface area contributed by atoms with Crippen molar-refractivity contribution >= 4 is 17.9 Å². The molecule has 0 aliphatic rings. The molecule has 6 nitrogen and oxygen atoms in total. The van der Waals surface area contributed by atoms with E-state index in [4.69, 9.17) is 14.2 Å². The fourth-order valence-electron chi connectivity index (χ4n) is 1.88. The van der Waals surface area contributed by atoms with E-state index >= 15 is 0 Å². The summed E-state index contributed by atoms with van der Waals surface area (Å²) >= 11 is 0. The zero-order valence-corrected chi connectivity index (χ0v) is 12.9. The van der Waals surface area contributed by atoms with Crippen LogP contribution in [0.3, 0.4) is 0 Å². The Balaban J connectivity index is 1.95. The van der Waals surface area contributed by atoms with E-state index in [2.05, 4.69) is 5.32 Å². The average Bonchev–Trinajstić information content (AvgIpc) is 2.60. The van der Waals surface area contributed by atoms with Crippen LogP contribution >= 0.6 is 0 Å². The third kappa shape index (κ3) is 4.47. The number of aldehydes is 1. The standard InChI is InChI=1S/C17H17NO5/c1-21-14-7-8-15(16(9-14)22-2)18-17(20)11-23-13-5-3-12(10-19)4-6-13/h3-10H,11H2,1-2H3,(H,18,20). The quantitative estimate of drug-likeness (QED) is 0.795. The van der Waals surface area contributed by atoms with Crippen molar-refractivity contribution in [2.75, 3.05) is 26.1 Å². The van der Waals surface area contributed by atoms with E-state index in [0.717, 1.165) is 6.29 Å². The van der Waals surface area contributed by atoms with Crippen LogP contribution < -0.4 is 19.5 Å². The number of hydrogen-bond acceptors (Lipinski definition) is 5. The molecule has 0 saturated heterocycles. The van der Waals surface area contributed by atoms with Gasteiger partial charge in [-0.3, -0.25) is 9.59 Å². The van der Waals surface area contributed by atoms with Gasteiger partial charge in [-0.2, -0.15) is 0 Å². The van der Waals surface area contributed by atoms with Crippen LogP contribution in [0.2, 0.25) is 0 Å². The van der Waals surface area contributed by atoms with Crippen LogP contribution in [-0.4, -0.2) is 33.0 Å². The maximum absolute atomic E-state index is 12.0. The predicted molar refractivity (Wildman–Crippen MR) is 85.5 cm³/mol. The largest absolute Gasteiger partial charge is 0.497 e. The third-order valence-corrected chi connectivity index (χ3v) is 3.07. The first kappa shape index (κ1) is 16.4. The molecule has 0 bridgehead atoms. The maximum atomic E-state index is 12.0. The van der Waals surface area contributed by atoms with Crippen molar-refractivity contribution in [1.29, 1.82) is 0 Å². The van der Waals surface area contributed by atoms with Crippen molar-refractivity contribution in [3.05, 3.63) is 48.0 Å². The second-order valence-electron chi connectivity index (χ2n) is 4.59. The Labute approximate surface area is 134 Å². The lowest BCUT2D eigenvalue weighted by Crippen LogP contribution is -2.20. The number of methoxy groups -OCH3 is 2. The molecule has 0 aliphatic carbocycles. The highest BCUT2D eigenvalue weighted by Crippen LogP contribution is 2.28. The Morgan fingerprint density at radius 1 is 1.04 bits per heavy atom. The summed E-state index contributed by atoms with van der Waals surface area (Å²) < 4.78 is 15.7. The van der Waals surface area contributed by atoms with Gasteiger partial charge in [-0.05, 0) is 36.4 Å². The molecule has 2 aromatic carbocycles. The van der Waals surface area contributed by atoms with Gasteiger partial charge in [0.1, 0.15) is 23.5 Å². The van der Waals surface area contributed by atoms with Crippen molar-refractivity contribution in [2.45, 2.75) is 0 Å². The van der Waals surface area contributed by atoms with Crippen molar-refractivity contribution in [3.8, 4) is 17.2 Å². The Bertz CT molecular complexity index is 682. The molecule has 0 radical (unpaired) electrons. The molecule has 0 heterocycles. The molecule has 0 saturated carbocycles. The van der Waals surface area contributed by atoms with E-state index in [9.17, 15) is 9.59 Å². The molecule has 0 spiro atoms. The Kier molecular flexibility index (Phi) is 5.57. The number of benzene rings is 2. The molecule has 0 fully saturated rings. The minimum atomic E-state index is -0.326. The topological polar surface area (TPSA) is 73.9 Å². The Morgan fingerprint density at radius 3 is 2.35 bits per heavy atom. The van der Waals surface area contributed by atoms with Gasteiger partial charge in [0.25, 0.3) is 5.91 Å². The monoisotopic (exact) mass is 315 g/mol. The number of anilines is 1. The van der Waals surface area contributed by atoms with E-state index in [1.165, 1.54) is 7.11 Å². The normalized spacial score (nSPS) is 9.83. The van der Waals surface area contributed by atoms with Gasteiger partial charge in [0.15, 0.2) is 6.61 Å².